The summed E-state index contributed by atoms with van der Waals surface area (Å²) in [5.41, 5.74) is 5.49. The van der Waals surface area contributed by atoms with Gasteiger partial charge >= 0.3 is 0 Å². The monoisotopic (exact) mass is 195 g/mol. The fourth-order valence-electron chi connectivity index (χ4n) is 1.39. The van der Waals surface area contributed by atoms with Crippen LogP contribution in [-0.2, 0) is 0 Å². The Labute approximate surface area is 82.5 Å². The summed E-state index contributed by atoms with van der Waals surface area (Å²) in [5.74, 6) is 2.03. The topological polar surface area (TPSA) is 35.2 Å². The van der Waals surface area contributed by atoms with Gasteiger partial charge in [0.25, 0.3) is 0 Å². The Kier molecular flexibility index (Phi) is 2.76. The van der Waals surface area contributed by atoms with Crippen molar-refractivity contribution in [1.82, 2.24) is 0 Å². The largest absolute Gasteiger partial charge is 0.488 e. The van der Waals surface area contributed by atoms with Gasteiger partial charge < -0.3 is 10.5 Å². The molecule has 0 amide bonds. The van der Waals surface area contributed by atoms with Crippen LogP contribution in [0.5, 0.6) is 5.75 Å². The molecule has 0 aliphatic carbocycles. The van der Waals surface area contributed by atoms with E-state index in [2.05, 4.69) is 6.07 Å². The molecule has 1 aromatic carbocycles. The third-order valence-electron chi connectivity index (χ3n) is 2.06. The van der Waals surface area contributed by atoms with E-state index in [-0.39, 0.29) is 0 Å². The molecule has 0 bridgehead atoms. The standard InChI is InChI=1S/C10H13NOS/c11-6-5-8-7-13-10-4-2-1-3-9(10)12-8/h1-4,8H,5-7,11H2. The quantitative estimate of drug-likeness (QED) is 0.782. The summed E-state index contributed by atoms with van der Waals surface area (Å²) in [6, 6.07) is 8.16. The molecular weight excluding hydrogens is 182 g/mol. The number of hydrogen-bond donors (Lipinski definition) is 1. The molecule has 1 heterocycles. The Morgan fingerprint density at radius 1 is 1.46 bits per heavy atom. The molecule has 2 rings (SSSR count). The van der Waals surface area contributed by atoms with E-state index in [1.165, 1.54) is 4.90 Å². The van der Waals surface area contributed by atoms with Crippen LogP contribution in [0.25, 0.3) is 0 Å². The average molecular weight is 195 g/mol. The molecule has 3 heteroatoms. The maximum atomic E-state index is 5.77. The third-order valence-corrected chi connectivity index (χ3v) is 3.24. The second kappa shape index (κ2) is 4.03. The number of nitrogens with two attached hydrogens (primary N) is 1. The maximum Gasteiger partial charge on any atom is 0.133 e. The lowest BCUT2D eigenvalue weighted by molar-refractivity contribution is 0.208. The van der Waals surface area contributed by atoms with Crippen molar-refractivity contribution in [3.63, 3.8) is 0 Å². The van der Waals surface area contributed by atoms with Crippen LogP contribution >= 0.6 is 11.8 Å². The summed E-state index contributed by atoms with van der Waals surface area (Å²) >= 11 is 1.86. The third kappa shape index (κ3) is 1.98. The molecule has 2 N–H and O–H groups in total. The number of para-hydroxylation sites is 1. The molecule has 70 valence electrons. The van der Waals surface area contributed by atoms with E-state index in [1.807, 2.05) is 30.0 Å². The molecule has 2 nitrogen and oxygen atoms in total. The van der Waals surface area contributed by atoms with Crippen LogP contribution in [0.2, 0.25) is 0 Å². The smallest absolute Gasteiger partial charge is 0.133 e. The van der Waals surface area contributed by atoms with Crippen molar-refractivity contribution in [2.45, 2.75) is 17.4 Å². The van der Waals surface area contributed by atoms with Crippen LogP contribution in [0.4, 0.5) is 0 Å². The second-order valence-electron chi connectivity index (χ2n) is 3.07. The summed E-state index contributed by atoms with van der Waals surface area (Å²) in [5, 5.41) is 0. The van der Waals surface area contributed by atoms with Crippen molar-refractivity contribution in [1.29, 1.82) is 0 Å². The molecule has 0 fully saturated rings. The Balaban J connectivity index is 2.11. The summed E-state index contributed by atoms with van der Waals surface area (Å²) in [6.07, 6.45) is 1.24. The van der Waals surface area contributed by atoms with Gasteiger partial charge in [-0.1, -0.05) is 12.1 Å². The highest BCUT2D eigenvalue weighted by Gasteiger charge is 2.18. The molecule has 0 aromatic heterocycles. The minimum absolute atomic E-state index is 0.296. The minimum atomic E-state index is 0.296. The van der Waals surface area contributed by atoms with E-state index < -0.39 is 0 Å². The van der Waals surface area contributed by atoms with E-state index in [4.69, 9.17) is 10.5 Å². The highest BCUT2D eigenvalue weighted by molar-refractivity contribution is 7.99. The fourth-order valence-corrected chi connectivity index (χ4v) is 2.42. The normalized spacial score (nSPS) is 20.5. The van der Waals surface area contributed by atoms with Gasteiger partial charge in [-0.25, -0.2) is 0 Å². The SMILES string of the molecule is NCCC1CSc2ccccc2O1. The first kappa shape index (κ1) is 8.91. The van der Waals surface area contributed by atoms with Crippen LogP contribution in [-0.4, -0.2) is 18.4 Å². The van der Waals surface area contributed by atoms with Crippen molar-refractivity contribution in [3.05, 3.63) is 24.3 Å². The number of ether oxygens (including phenoxy) is 1. The van der Waals surface area contributed by atoms with Gasteiger partial charge in [-0.15, -0.1) is 11.8 Å². The van der Waals surface area contributed by atoms with Gasteiger partial charge in [0.1, 0.15) is 11.9 Å². The summed E-state index contributed by atoms with van der Waals surface area (Å²) in [7, 11) is 0. The van der Waals surface area contributed by atoms with Gasteiger partial charge in [0, 0.05) is 10.6 Å². The zero-order valence-corrected chi connectivity index (χ0v) is 8.22. The molecule has 13 heavy (non-hydrogen) atoms. The zero-order valence-electron chi connectivity index (χ0n) is 7.40. The molecule has 0 radical (unpaired) electrons. The van der Waals surface area contributed by atoms with Gasteiger partial charge in [-0.05, 0) is 25.1 Å². The van der Waals surface area contributed by atoms with E-state index in [9.17, 15) is 0 Å². The number of fused-ring (bicyclic) bond motifs is 1. The van der Waals surface area contributed by atoms with Crippen molar-refractivity contribution >= 4 is 11.8 Å². The lowest BCUT2D eigenvalue weighted by atomic mass is 10.2. The van der Waals surface area contributed by atoms with Crippen LogP contribution in [0.3, 0.4) is 0 Å². The Morgan fingerprint density at radius 2 is 2.31 bits per heavy atom. The van der Waals surface area contributed by atoms with E-state index in [0.717, 1.165) is 17.9 Å². The molecule has 1 atom stereocenters. The van der Waals surface area contributed by atoms with E-state index in [1.54, 1.807) is 0 Å². The molecule has 0 saturated carbocycles. The maximum absolute atomic E-state index is 5.77. The zero-order chi connectivity index (χ0) is 9.10. The molecule has 1 aliphatic rings. The highest BCUT2D eigenvalue weighted by Crippen LogP contribution is 2.35. The molecule has 1 unspecified atom stereocenters. The van der Waals surface area contributed by atoms with Crippen molar-refractivity contribution in [2.24, 2.45) is 5.73 Å². The van der Waals surface area contributed by atoms with Crippen LogP contribution in [0, 0.1) is 0 Å². The first-order valence-electron chi connectivity index (χ1n) is 4.48. The Hall–Kier alpha value is -0.670. The van der Waals surface area contributed by atoms with Gasteiger partial charge in [0.2, 0.25) is 0 Å². The van der Waals surface area contributed by atoms with Crippen LogP contribution < -0.4 is 10.5 Å². The summed E-state index contributed by atoms with van der Waals surface area (Å²) in [4.78, 5) is 1.25. The number of thioether (sulfide) groups is 1. The Bertz CT molecular complexity index is 290. The summed E-state index contributed by atoms with van der Waals surface area (Å²) < 4.78 is 5.77. The highest BCUT2D eigenvalue weighted by atomic mass is 32.2. The average Bonchev–Trinajstić information content (AvgIpc) is 2.18. The van der Waals surface area contributed by atoms with E-state index in [0.29, 0.717) is 12.6 Å². The first-order chi connectivity index (χ1) is 6.40. The lowest BCUT2D eigenvalue weighted by Gasteiger charge is -2.24. The lowest BCUT2D eigenvalue weighted by Crippen LogP contribution is -2.25. The van der Waals surface area contributed by atoms with Crippen LogP contribution in [0.1, 0.15) is 6.42 Å². The molecular formula is C10H13NOS. The van der Waals surface area contributed by atoms with Gasteiger partial charge in [0.15, 0.2) is 0 Å². The van der Waals surface area contributed by atoms with Crippen molar-refractivity contribution < 1.29 is 4.74 Å². The molecule has 1 aromatic rings. The molecule has 1 aliphatic heterocycles. The van der Waals surface area contributed by atoms with Gasteiger partial charge in [-0.3, -0.25) is 0 Å². The van der Waals surface area contributed by atoms with Crippen molar-refractivity contribution in [2.75, 3.05) is 12.3 Å². The number of hydrogen-bond acceptors (Lipinski definition) is 3. The van der Waals surface area contributed by atoms with Crippen molar-refractivity contribution in [3.8, 4) is 5.75 Å². The van der Waals surface area contributed by atoms with E-state index >= 15 is 0 Å². The Morgan fingerprint density at radius 3 is 3.15 bits per heavy atom. The number of rotatable bonds is 2. The predicted octanol–water partition coefficient (Wildman–Crippen LogP) is 1.89. The van der Waals surface area contributed by atoms with Gasteiger partial charge in [-0.2, -0.15) is 0 Å². The minimum Gasteiger partial charge on any atom is -0.488 e. The summed E-state index contributed by atoms with van der Waals surface area (Å²) in [6.45, 7) is 0.702. The molecule has 0 spiro atoms. The van der Waals surface area contributed by atoms with Crippen LogP contribution in [0.15, 0.2) is 29.2 Å². The predicted molar refractivity (Wildman–Crippen MR) is 55.3 cm³/mol. The second-order valence-corrected chi connectivity index (χ2v) is 4.14. The first-order valence-corrected chi connectivity index (χ1v) is 5.47. The number of benzene rings is 1. The fraction of sp³-hybridized carbons (Fsp3) is 0.400. The molecule has 0 saturated heterocycles. The van der Waals surface area contributed by atoms with Gasteiger partial charge in [0.05, 0.1) is 0 Å².